The Hall–Kier alpha value is -3.06. The highest BCUT2D eigenvalue weighted by Gasteiger charge is 2.47. The number of likely N-dealkylation sites (N-methyl/N-ethyl adjacent to an activating group) is 1. The number of carbonyl (C=O) groups excluding carboxylic acids is 2. The summed E-state index contributed by atoms with van der Waals surface area (Å²) in [6.07, 6.45) is 0. The molecule has 1 aliphatic rings. The van der Waals surface area contributed by atoms with Crippen molar-refractivity contribution in [1.29, 1.82) is 0 Å². The number of ketones is 1. The number of nitrogens with zero attached hydrogens (tertiary/aromatic N) is 1. The molecule has 1 aliphatic heterocycles. The van der Waals surface area contributed by atoms with Crippen LogP contribution in [0, 0.1) is 6.92 Å². The van der Waals surface area contributed by atoms with Crippen molar-refractivity contribution in [3.05, 3.63) is 59.1 Å². The molecule has 1 saturated heterocycles. The Kier molecular flexibility index (Phi) is 6.62. The number of aryl methyl sites for hydroxylation is 1. The number of benzene rings is 1. The normalized spacial score (nSPS) is 18.4. The fourth-order valence-electron chi connectivity index (χ4n) is 3.79. The molecule has 0 aliphatic carbocycles. The van der Waals surface area contributed by atoms with Gasteiger partial charge in [0.25, 0.3) is 11.7 Å². The number of hydrogen-bond acceptors (Lipinski definition) is 5. The fourth-order valence-corrected chi connectivity index (χ4v) is 3.79. The minimum absolute atomic E-state index is 0.0501. The van der Waals surface area contributed by atoms with Crippen molar-refractivity contribution in [3.63, 3.8) is 0 Å². The van der Waals surface area contributed by atoms with Crippen molar-refractivity contribution in [2.75, 3.05) is 33.3 Å². The van der Waals surface area contributed by atoms with Gasteiger partial charge in [0.1, 0.15) is 29.1 Å². The van der Waals surface area contributed by atoms with Gasteiger partial charge in [-0.2, -0.15) is 0 Å². The topological polar surface area (TPSA) is 84.4 Å². The first-order chi connectivity index (χ1) is 14.4. The SMILES string of the molecule is CC[NH+](CC)CCN1C(=O)C(=O)C(=C(O)c2ccc(OC)cc2)[C@@H]1c1ccc(C)o1. The number of amides is 1. The summed E-state index contributed by atoms with van der Waals surface area (Å²) in [6, 6.07) is 9.50. The van der Waals surface area contributed by atoms with Crippen LogP contribution < -0.4 is 9.64 Å². The lowest BCUT2D eigenvalue weighted by Gasteiger charge is -2.25. The van der Waals surface area contributed by atoms with Gasteiger partial charge in [-0.25, -0.2) is 0 Å². The number of carbonyl (C=O) groups is 2. The van der Waals surface area contributed by atoms with Gasteiger partial charge in [0.05, 0.1) is 38.9 Å². The van der Waals surface area contributed by atoms with Gasteiger partial charge in [0.2, 0.25) is 0 Å². The number of nitrogens with one attached hydrogen (secondary N) is 1. The molecule has 0 saturated carbocycles. The van der Waals surface area contributed by atoms with E-state index in [0.717, 1.165) is 13.1 Å². The van der Waals surface area contributed by atoms with E-state index in [9.17, 15) is 14.7 Å². The standard InChI is InChI=1S/C23H28N2O5/c1-5-24(6-2)13-14-25-20(18-12-7-15(3)30-18)19(22(27)23(25)28)21(26)16-8-10-17(29-4)11-9-16/h7-12,20,26H,5-6,13-14H2,1-4H3/p+1/t20-/m0/s1. The van der Waals surface area contributed by atoms with E-state index in [1.807, 2.05) is 0 Å². The van der Waals surface area contributed by atoms with Crippen LogP contribution in [0.5, 0.6) is 5.75 Å². The summed E-state index contributed by atoms with van der Waals surface area (Å²) in [5.74, 6) is 0.249. The van der Waals surface area contributed by atoms with Crippen molar-refractivity contribution < 1.29 is 28.7 Å². The lowest BCUT2D eigenvalue weighted by atomic mass is 9.99. The average molecular weight is 413 g/mol. The van der Waals surface area contributed by atoms with Gasteiger partial charge in [-0.05, 0) is 57.2 Å². The number of aliphatic hydroxyl groups is 1. The molecule has 2 aromatic rings. The molecule has 1 atom stereocenters. The summed E-state index contributed by atoms with van der Waals surface area (Å²) in [7, 11) is 1.55. The van der Waals surface area contributed by atoms with E-state index >= 15 is 0 Å². The molecule has 3 rings (SSSR count). The molecule has 7 heteroatoms. The molecule has 7 nitrogen and oxygen atoms in total. The zero-order valence-corrected chi connectivity index (χ0v) is 17.9. The monoisotopic (exact) mass is 413 g/mol. The van der Waals surface area contributed by atoms with Crippen molar-refractivity contribution in [2.24, 2.45) is 0 Å². The Labute approximate surface area is 176 Å². The van der Waals surface area contributed by atoms with E-state index in [4.69, 9.17) is 9.15 Å². The second kappa shape index (κ2) is 9.17. The molecule has 2 N–H and O–H groups in total. The van der Waals surface area contributed by atoms with Crippen LogP contribution in [0.4, 0.5) is 0 Å². The Morgan fingerprint density at radius 1 is 1.13 bits per heavy atom. The number of quaternary nitrogens is 1. The van der Waals surface area contributed by atoms with Crippen LogP contribution in [-0.4, -0.2) is 55.0 Å². The number of hydrogen-bond donors (Lipinski definition) is 2. The third kappa shape index (κ3) is 4.11. The Morgan fingerprint density at radius 2 is 1.80 bits per heavy atom. The number of likely N-dealkylation sites (tertiary alicyclic amines) is 1. The number of furan rings is 1. The van der Waals surface area contributed by atoms with Gasteiger partial charge in [-0.1, -0.05) is 0 Å². The van der Waals surface area contributed by atoms with Crippen molar-refractivity contribution in [3.8, 4) is 5.75 Å². The molecule has 1 fully saturated rings. The Balaban J connectivity index is 2.05. The second-order valence-corrected chi connectivity index (χ2v) is 7.38. The summed E-state index contributed by atoms with van der Waals surface area (Å²) in [6.45, 7) is 8.94. The molecule has 160 valence electrons. The molecule has 1 aromatic heterocycles. The van der Waals surface area contributed by atoms with E-state index < -0.39 is 17.7 Å². The average Bonchev–Trinajstić information content (AvgIpc) is 3.30. The summed E-state index contributed by atoms with van der Waals surface area (Å²) in [4.78, 5) is 28.7. The van der Waals surface area contributed by atoms with E-state index in [2.05, 4.69) is 13.8 Å². The molecule has 0 radical (unpaired) electrons. The minimum Gasteiger partial charge on any atom is -0.507 e. The highest BCUT2D eigenvalue weighted by Crippen LogP contribution is 2.39. The first kappa shape index (κ1) is 21.6. The summed E-state index contributed by atoms with van der Waals surface area (Å²) < 4.78 is 10.9. The molecule has 0 bridgehead atoms. The maximum absolute atomic E-state index is 12.9. The molecular weight excluding hydrogens is 384 g/mol. The number of ether oxygens (including phenoxy) is 1. The molecule has 2 heterocycles. The van der Waals surface area contributed by atoms with E-state index in [1.165, 1.54) is 9.80 Å². The third-order valence-corrected chi connectivity index (χ3v) is 5.64. The van der Waals surface area contributed by atoms with Gasteiger partial charge in [-0.15, -0.1) is 0 Å². The van der Waals surface area contributed by atoms with Crippen molar-refractivity contribution in [1.82, 2.24) is 4.90 Å². The van der Waals surface area contributed by atoms with Crippen LogP contribution in [0.3, 0.4) is 0 Å². The number of methoxy groups -OCH3 is 1. The van der Waals surface area contributed by atoms with Crippen LogP contribution in [0.1, 0.15) is 37.0 Å². The van der Waals surface area contributed by atoms with Crippen LogP contribution in [0.2, 0.25) is 0 Å². The highest BCUT2D eigenvalue weighted by atomic mass is 16.5. The molecule has 30 heavy (non-hydrogen) atoms. The lowest BCUT2D eigenvalue weighted by molar-refractivity contribution is -0.895. The van der Waals surface area contributed by atoms with Crippen molar-refractivity contribution in [2.45, 2.75) is 26.8 Å². The van der Waals surface area contributed by atoms with Gasteiger partial charge in [0, 0.05) is 5.56 Å². The fraction of sp³-hybridized carbons (Fsp3) is 0.391. The highest BCUT2D eigenvalue weighted by molar-refractivity contribution is 6.46. The molecule has 0 spiro atoms. The number of rotatable bonds is 8. The van der Waals surface area contributed by atoms with Crippen LogP contribution in [0.15, 0.2) is 46.4 Å². The summed E-state index contributed by atoms with van der Waals surface area (Å²) in [5.41, 5.74) is 0.491. The molecule has 1 aromatic carbocycles. The van der Waals surface area contributed by atoms with Crippen LogP contribution in [-0.2, 0) is 9.59 Å². The molecular formula is C23H29N2O5+. The smallest absolute Gasteiger partial charge is 0.295 e. The third-order valence-electron chi connectivity index (χ3n) is 5.64. The lowest BCUT2D eigenvalue weighted by Crippen LogP contribution is -3.12. The predicted octanol–water partition coefficient (Wildman–Crippen LogP) is 1.94. The number of aliphatic hydroxyl groups excluding tert-OH is 1. The predicted molar refractivity (Wildman–Crippen MR) is 112 cm³/mol. The summed E-state index contributed by atoms with van der Waals surface area (Å²) in [5, 5.41) is 11.0. The van der Waals surface area contributed by atoms with Gasteiger partial charge >= 0.3 is 0 Å². The number of Topliss-reactive ketones (excluding diaryl/α,β-unsaturated/α-hetero) is 1. The van der Waals surface area contributed by atoms with E-state index in [1.54, 1.807) is 50.4 Å². The van der Waals surface area contributed by atoms with E-state index in [0.29, 0.717) is 35.9 Å². The minimum atomic E-state index is -0.754. The van der Waals surface area contributed by atoms with Gasteiger partial charge in [-0.3, -0.25) is 9.59 Å². The van der Waals surface area contributed by atoms with E-state index in [-0.39, 0.29) is 11.3 Å². The Bertz CT molecular complexity index is 941. The van der Waals surface area contributed by atoms with Gasteiger partial charge in [0.15, 0.2) is 0 Å². The first-order valence-electron chi connectivity index (χ1n) is 10.2. The first-order valence-corrected chi connectivity index (χ1v) is 10.2. The maximum atomic E-state index is 12.9. The van der Waals surface area contributed by atoms with Gasteiger partial charge < -0.3 is 24.1 Å². The quantitative estimate of drug-likeness (QED) is 0.393. The largest absolute Gasteiger partial charge is 0.507 e. The van der Waals surface area contributed by atoms with Crippen molar-refractivity contribution >= 4 is 17.4 Å². The zero-order chi connectivity index (χ0) is 21.8. The van der Waals surface area contributed by atoms with Crippen LogP contribution in [0.25, 0.3) is 5.76 Å². The molecule has 1 amide bonds. The Morgan fingerprint density at radius 3 is 2.33 bits per heavy atom. The maximum Gasteiger partial charge on any atom is 0.295 e. The van der Waals surface area contributed by atoms with Crippen LogP contribution >= 0.6 is 0 Å². The summed E-state index contributed by atoms with van der Waals surface area (Å²) >= 11 is 0. The molecule has 0 unspecified atom stereocenters. The zero-order valence-electron chi connectivity index (χ0n) is 17.9. The second-order valence-electron chi connectivity index (χ2n) is 7.38.